The number of anilines is 1. The van der Waals surface area contributed by atoms with Gasteiger partial charge >= 0.3 is 0 Å². The van der Waals surface area contributed by atoms with Gasteiger partial charge in [-0.15, -0.1) is 0 Å². The molecule has 1 N–H and O–H groups in total. The van der Waals surface area contributed by atoms with Gasteiger partial charge in [-0.1, -0.05) is 48.5 Å². The molecule has 0 aromatic heterocycles. The van der Waals surface area contributed by atoms with Crippen molar-refractivity contribution in [2.24, 2.45) is 0 Å². The van der Waals surface area contributed by atoms with E-state index in [4.69, 9.17) is 0 Å². The first-order valence-corrected chi connectivity index (χ1v) is 10.4. The molecule has 1 aliphatic heterocycles. The van der Waals surface area contributed by atoms with Gasteiger partial charge in [0.1, 0.15) is 0 Å². The van der Waals surface area contributed by atoms with E-state index in [1.165, 1.54) is 0 Å². The summed E-state index contributed by atoms with van der Waals surface area (Å²) < 4.78 is 0. The summed E-state index contributed by atoms with van der Waals surface area (Å²) in [5.74, 6) is 0.261. The van der Waals surface area contributed by atoms with Gasteiger partial charge in [0.2, 0.25) is 5.91 Å². The molecule has 1 amide bonds. The first kappa shape index (κ1) is 21.2. The van der Waals surface area contributed by atoms with Crippen LogP contribution in [-0.2, 0) is 4.79 Å². The second-order valence-corrected chi connectivity index (χ2v) is 7.83. The molecule has 2 aromatic carbocycles. The third-order valence-corrected chi connectivity index (χ3v) is 5.55. The molecule has 1 fully saturated rings. The Labute approximate surface area is 173 Å². The topological polar surface area (TPSA) is 52.7 Å². The lowest BCUT2D eigenvalue weighted by Gasteiger charge is -2.34. The first-order chi connectivity index (χ1) is 14.0. The van der Waals surface area contributed by atoms with Crippen molar-refractivity contribution in [2.75, 3.05) is 44.6 Å². The van der Waals surface area contributed by atoms with E-state index >= 15 is 0 Å². The largest absolute Gasteiger partial charge is 0.324 e. The van der Waals surface area contributed by atoms with Crippen LogP contribution in [0, 0.1) is 13.8 Å². The van der Waals surface area contributed by atoms with E-state index in [0.717, 1.165) is 61.5 Å². The number of hydrogen-bond acceptors (Lipinski definition) is 4. The van der Waals surface area contributed by atoms with Crippen molar-refractivity contribution < 1.29 is 9.59 Å². The van der Waals surface area contributed by atoms with E-state index in [0.29, 0.717) is 13.0 Å². The number of carbonyl (C=O) groups excluding carboxylic acids is 2. The lowest BCUT2D eigenvalue weighted by molar-refractivity contribution is -0.117. The Balaban J connectivity index is 1.36. The van der Waals surface area contributed by atoms with Crippen LogP contribution < -0.4 is 5.32 Å². The van der Waals surface area contributed by atoms with E-state index in [2.05, 4.69) is 15.1 Å². The molecule has 5 nitrogen and oxygen atoms in total. The minimum atomic E-state index is 0.0457. The van der Waals surface area contributed by atoms with Gasteiger partial charge in [0.15, 0.2) is 5.78 Å². The number of carbonyl (C=O) groups is 2. The third-order valence-electron chi connectivity index (χ3n) is 5.55. The number of para-hydroxylation sites is 1. The lowest BCUT2D eigenvalue weighted by atomic mass is 10.1. The second-order valence-electron chi connectivity index (χ2n) is 7.83. The maximum atomic E-state index is 12.4. The zero-order chi connectivity index (χ0) is 20.6. The van der Waals surface area contributed by atoms with Gasteiger partial charge < -0.3 is 10.2 Å². The fourth-order valence-corrected chi connectivity index (χ4v) is 3.80. The fraction of sp³-hybridized carbons (Fsp3) is 0.417. The van der Waals surface area contributed by atoms with Crippen LogP contribution in [0.25, 0.3) is 0 Å². The first-order valence-electron chi connectivity index (χ1n) is 10.4. The zero-order valence-corrected chi connectivity index (χ0v) is 17.5. The monoisotopic (exact) mass is 393 g/mol. The molecule has 154 valence electrons. The number of ketones is 1. The Bertz CT molecular complexity index is 807. The van der Waals surface area contributed by atoms with Crippen LogP contribution in [0.4, 0.5) is 5.69 Å². The molecule has 5 heteroatoms. The van der Waals surface area contributed by atoms with Gasteiger partial charge in [-0.2, -0.15) is 0 Å². The van der Waals surface area contributed by atoms with E-state index in [-0.39, 0.29) is 11.7 Å². The molecule has 1 heterocycles. The van der Waals surface area contributed by atoms with Crippen LogP contribution in [0.5, 0.6) is 0 Å². The van der Waals surface area contributed by atoms with Crippen LogP contribution in [0.1, 0.15) is 34.3 Å². The van der Waals surface area contributed by atoms with Crippen molar-refractivity contribution in [1.29, 1.82) is 0 Å². The van der Waals surface area contributed by atoms with Crippen LogP contribution >= 0.6 is 0 Å². The quantitative estimate of drug-likeness (QED) is 0.697. The van der Waals surface area contributed by atoms with Crippen molar-refractivity contribution in [3.8, 4) is 0 Å². The van der Waals surface area contributed by atoms with Crippen LogP contribution in [0.2, 0.25) is 0 Å². The number of Topliss-reactive ketones (excluding diaryl/α,β-unsaturated/α-hetero) is 1. The highest BCUT2D eigenvalue weighted by atomic mass is 16.2. The predicted octanol–water partition coefficient (Wildman–Crippen LogP) is 3.52. The Morgan fingerprint density at radius 2 is 1.48 bits per heavy atom. The van der Waals surface area contributed by atoms with Gasteiger partial charge in [0.25, 0.3) is 0 Å². The number of piperazine rings is 1. The molecular weight excluding hydrogens is 362 g/mol. The van der Waals surface area contributed by atoms with E-state index < -0.39 is 0 Å². The minimum Gasteiger partial charge on any atom is -0.324 e. The summed E-state index contributed by atoms with van der Waals surface area (Å²) in [5, 5.41) is 3.07. The Morgan fingerprint density at radius 1 is 0.862 bits per heavy atom. The Morgan fingerprint density at radius 3 is 2.14 bits per heavy atom. The van der Waals surface area contributed by atoms with Gasteiger partial charge in [-0.05, 0) is 37.9 Å². The molecule has 0 unspecified atom stereocenters. The summed E-state index contributed by atoms with van der Waals surface area (Å²) in [7, 11) is 0. The molecule has 0 atom stereocenters. The third kappa shape index (κ3) is 6.24. The number of aryl methyl sites for hydroxylation is 2. The molecule has 0 radical (unpaired) electrons. The van der Waals surface area contributed by atoms with Crippen LogP contribution in [0.15, 0.2) is 48.5 Å². The fourth-order valence-electron chi connectivity index (χ4n) is 3.80. The maximum absolute atomic E-state index is 12.4. The van der Waals surface area contributed by atoms with Gasteiger partial charge in [-0.25, -0.2) is 0 Å². The summed E-state index contributed by atoms with van der Waals surface area (Å²) in [4.78, 5) is 29.2. The summed E-state index contributed by atoms with van der Waals surface area (Å²) >= 11 is 0. The standard InChI is InChI=1S/C24H31N3O2/c1-19-8-6-9-20(2)24(19)25-23(29)18-27-16-14-26(15-17-27)13-7-12-22(28)21-10-4-3-5-11-21/h3-6,8-11H,7,12-18H2,1-2H3,(H,25,29). The number of benzene rings is 2. The molecule has 0 aliphatic carbocycles. The predicted molar refractivity (Wildman–Crippen MR) is 117 cm³/mol. The summed E-state index contributed by atoms with van der Waals surface area (Å²) in [6.45, 7) is 9.04. The average Bonchev–Trinajstić information content (AvgIpc) is 2.73. The molecule has 1 aliphatic rings. The Kier molecular flexibility index (Phi) is 7.55. The van der Waals surface area contributed by atoms with Crippen molar-refractivity contribution in [2.45, 2.75) is 26.7 Å². The van der Waals surface area contributed by atoms with Gasteiger partial charge in [-0.3, -0.25) is 14.5 Å². The molecular formula is C24H31N3O2. The highest BCUT2D eigenvalue weighted by Gasteiger charge is 2.19. The molecule has 0 bridgehead atoms. The smallest absolute Gasteiger partial charge is 0.238 e. The van der Waals surface area contributed by atoms with E-state index in [1.807, 2.05) is 62.4 Å². The SMILES string of the molecule is Cc1cccc(C)c1NC(=O)CN1CCN(CCCC(=O)c2ccccc2)CC1. The molecule has 3 rings (SSSR count). The molecule has 1 saturated heterocycles. The van der Waals surface area contributed by atoms with E-state index in [9.17, 15) is 9.59 Å². The van der Waals surface area contributed by atoms with Gasteiger partial charge in [0, 0.05) is 43.9 Å². The van der Waals surface area contributed by atoms with Crippen molar-refractivity contribution in [3.63, 3.8) is 0 Å². The summed E-state index contributed by atoms with van der Waals surface area (Å²) in [6, 6.07) is 15.5. The number of nitrogens with one attached hydrogen (secondary N) is 1. The summed E-state index contributed by atoms with van der Waals surface area (Å²) in [6.07, 6.45) is 1.46. The Hall–Kier alpha value is -2.50. The molecule has 0 spiro atoms. The van der Waals surface area contributed by atoms with Crippen molar-refractivity contribution in [1.82, 2.24) is 9.80 Å². The van der Waals surface area contributed by atoms with E-state index in [1.54, 1.807) is 0 Å². The zero-order valence-electron chi connectivity index (χ0n) is 17.5. The highest BCUT2D eigenvalue weighted by molar-refractivity contribution is 5.96. The normalized spacial score (nSPS) is 15.2. The number of amides is 1. The molecule has 0 saturated carbocycles. The van der Waals surface area contributed by atoms with Crippen LogP contribution in [-0.4, -0.2) is 60.8 Å². The van der Waals surface area contributed by atoms with Crippen LogP contribution in [0.3, 0.4) is 0 Å². The second kappa shape index (κ2) is 10.3. The number of hydrogen-bond donors (Lipinski definition) is 1. The highest BCUT2D eigenvalue weighted by Crippen LogP contribution is 2.19. The lowest BCUT2D eigenvalue weighted by Crippen LogP contribution is -2.48. The minimum absolute atomic E-state index is 0.0457. The maximum Gasteiger partial charge on any atom is 0.238 e. The number of nitrogens with zero attached hydrogens (tertiary/aromatic N) is 2. The molecule has 2 aromatic rings. The van der Waals surface area contributed by atoms with Crippen molar-refractivity contribution >= 4 is 17.4 Å². The molecule has 29 heavy (non-hydrogen) atoms. The number of rotatable bonds is 8. The average molecular weight is 394 g/mol. The summed E-state index contributed by atoms with van der Waals surface area (Å²) in [5.41, 5.74) is 3.91. The van der Waals surface area contributed by atoms with Gasteiger partial charge in [0.05, 0.1) is 6.54 Å². The van der Waals surface area contributed by atoms with Crippen molar-refractivity contribution in [3.05, 3.63) is 65.2 Å².